The van der Waals surface area contributed by atoms with Gasteiger partial charge >= 0.3 is 0 Å². The van der Waals surface area contributed by atoms with E-state index in [-0.39, 0.29) is 0 Å². The van der Waals surface area contributed by atoms with Gasteiger partial charge in [0.1, 0.15) is 0 Å². The molecule has 1 aliphatic heterocycles. The maximum Gasteiger partial charge on any atom is 0.0473 e. The average molecular weight is 311 g/mol. The standard InChI is InChI=1S/C15H23BrN2/c1-11-7-8-18(12(2)9-11)15(10-17)13-3-5-14(16)6-4-13/h3-6,11-12,15H,7-10,17H2,1-2H3. The maximum atomic E-state index is 6.02. The third kappa shape index (κ3) is 3.14. The smallest absolute Gasteiger partial charge is 0.0473 e. The highest BCUT2D eigenvalue weighted by Crippen LogP contribution is 2.30. The Morgan fingerprint density at radius 3 is 2.56 bits per heavy atom. The second-order valence-electron chi connectivity index (χ2n) is 5.52. The molecule has 2 nitrogen and oxygen atoms in total. The van der Waals surface area contributed by atoms with Gasteiger partial charge in [0, 0.05) is 23.1 Å². The van der Waals surface area contributed by atoms with Gasteiger partial charge in [-0.15, -0.1) is 0 Å². The van der Waals surface area contributed by atoms with Crippen molar-refractivity contribution in [2.75, 3.05) is 13.1 Å². The van der Waals surface area contributed by atoms with E-state index in [1.165, 1.54) is 24.9 Å². The number of hydrogen-bond acceptors (Lipinski definition) is 2. The first-order valence-electron chi connectivity index (χ1n) is 6.83. The lowest BCUT2D eigenvalue weighted by atomic mass is 9.90. The molecule has 0 amide bonds. The molecule has 2 rings (SSSR count). The summed E-state index contributed by atoms with van der Waals surface area (Å²) in [5.41, 5.74) is 7.35. The van der Waals surface area contributed by atoms with Crippen LogP contribution in [0.5, 0.6) is 0 Å². The van der Waals surface area contributed by atoms with Crippen LogP contribution in [0.1, 0.15) is 38.3 Å². The number of nitrogens with zero attached hydrogens (tertiary/aromatic N) is 1. The van der Waals surface area contributed by atoms with Crippen LogP contribution in [0.2, 0.25) is 0 Å². The lowest BCUT2D eigenvalue weighted by Gasteiger charge is -2.41. The van der Waals surface area contributed by atoms with Gasteiger partial charge in [0.25, 0.3) is 0 Å². The molecule has 1 fully saturated rings. The quantitative estimate of drug-likeness (QED) is 0.924. The number of hydrogen-bond donors (Lipinski definition) is 1. The Hall–Kier alpha value is -0.380. The normalized spacial score (nSPS) is 27.1. The Morgan fingerprint density at radius 1 is 1.33 bits per heavy atom. The molecular weight excluding hydrogens is 288 g/mol. The average Bonchev–Trinajstić information content (AvgIpc) is 2.35. The van der Waals surface area contributed by atoms with E-state index in [2.05, 4.69) is 58.9 Å². The van der Waals surface area contributed by atoms with Crippen molar-refractivity contribution in [2.24, 2.45) is 11.7 Å². The van der Waals surface area contributed by atoms with E-state index in [4.69, 9.17) is 5.73 Å². The number of halogens is 1. The van der Waals surface area contributed by atoms with Gasteiger partial charge in [-0.25, -0.2) is 0 Å². The van der Waals surface area contributed by atoms with E-state index in [9.17, 15) is 0 Å². The third-order valence-electron chi connectivity index (χ3n) is 4.07. The summed E-state index contributed by atoms with van der Waals surface area (Å²) in [6.45, 7) is 6.54. The molecule has 0 aromatic heterocycles. The lowest BCUT2D eigenvalue weighted by molar-refractivity contribution is 0.0847. The second-order valence-corrected chi connectivity index (χ2v) is 6.44. The van der Waals surface area contributed by atoms with Gasteiger partial charge in [0.05, 0.1) is 0 Å². The second kappa shape index (κ2) is 6.18. The number of benzene rings is 1. The van der Waals surface area contributed by atoms with Crippen LogP contribution < -0.4 is 5.73 Å². The van der Waals surface area contributed by atoms with Crippen LogP contribution in [0.15, 0.2) is 28.7 Å². The summed E-state index contributed by atoms with van der Waals surface area (Å²) in [6, 6.07) is 9.58. The van der Waals surface area contributed by atoms with E-state index < -0.39 is 0 Å². The van der Waals surface area contributed by atoms with Crippen molar-refractivity contribution in [2.45, 2.75) is 38.8 Å². The molecule has 3 atom stereocenters. The molecule has 3 heteroatoms. The number of nitrogens with two attached hydrogens (primary N) is 1. The Balaban J connectivity index is 2.15. The largest absolute Gasteiger partial charge is 0.329 e. The van der Waals surface area contributed by atoms with Crippen molar-refractivity contribution in [3.63, 3.8) is 0 Å². The fourth-order valence-corrected chi connectivity index (χ4v) is 3.30. The summed E-state index contributed by atoms with van der Waals surface area (Å²) in [5, 5.41) is 0. The Morgan fingerprint density at radius 2 is 2.00 bits per heavy atom. The fourth-order valence-electron chi connectivity index (χ4n) is 3.04. The number of rotatable bonds is 3. The van der Waals surface area contributed by atoms with Crippen molar-refractivity contribution in [3.05, 3.63) is 34.3 Å². The van der Waals surface area contributed by atoms with Crippen LogP contribution in [-0.2, 0) is 0 Å². The Bertz CT molecular complexity index is 377. The van der Waals surface area contributed by atoms with E-state index >= 15 is 0 Å². The lowest BCUT2D eigenvalue weighted by Crippen LogP contribution is -2.44. The Labute approximate surface area is 119 Å². The molecule has 1 aromatic rings. The first-order valence-corrected chi connectivity index (χ1v) is 7.62. The molecule has 1 aromatic carbocycles. The molecule has 0 spiro atoms. The highest BCUT2D eigenvalue weighted by Gasteiger charge is 2.28. The van der Waals surface area contributed by atoms with E-state index in [0.717, 1.165) is 10.4 Å². The van der Waals surface area contributed by atoms with Gasteiger partial charge in [-0.05, 0) is 49.9 Å². The molecule has 1 saturated heterocycles. The minimum Gasteiger partial charge on any atom is -0.329 e. The highest BCUT2D eigenvalue weighted by atomic mass is 79.9. The molecule has 1 heterocycles. The van der Waals surface area contributed by atoms with Crippen LogP contribution >= 0.6 is 15.9 Å². The molecule has 0 saturated carbocycles. The number of piperidine rings is 1. The molecule has 3 unspecified atom stereocenters. The van der Waals surface area contributed by atoms with Gasteiger partial charge < -0.3 is 5.73 Å². The predicted molar refractivity (Wildman–Crippen MR) is 80.5 cm³/mol. The van der Waals surface area contributed by atoms with Crippen LogP contribution in [0, 0.1) is 5.92 Å². The molecule has 0 radical (unpaired) electrons. The minimum absolute atomic E-state index is 0.362. The van der Waals surface area contributed by atoms with Gasteiger partial charge in [-0.2, -0.15) is 0 Å². The van der Waals surface area contributed by atoms with Crippen LogP contribution in [-0.4, -0.2) is 24.0 Å². The van der Waals surface area contributed by atoms with E-state index in [1.807, 2.05) is 0 Å². The topological polar surface area (TPSA) is 29.3 Å². The first-order chi connectivity index (χ1) is 8.61. The van der Waals surface area contributed by atoms with E-state index in [0.29, 0.717) is 18.6 Å². The van der Waals surface area contributed by atoms with Crippen LogP contribution in [0.4, 0.5) is 0 Å². The van der Waals surface area contributed by atoms with E-state index in [1.54, 1.807) is 0 Å². The maximum absolute atomic E-state index is 6.02. The summed E-state index contributed by atoms with van der Waals surface area (Å²) < 4.78 is 1.13. The van der Waals surface area contributed by atoms with Crippen molar-refractivity contribution in [1.82, 2.24) is 4.90 Å². The summed E-state index contributed by atoms with van der Waals surface area (Å²) in [5.74, 6) is 0.847. The Kier molecular flexibility index (Phi) is 4.82. The van der Waals surface area contributed by atoms with Gasteiger partial charge in [0.15, 0.2) is 0 Å². The molecule has 2 N–H and O–H groups in total. The minimum atomic E-state index is 0.362. The third-order valence-corrected chi connectivity index (χ3v) is 4.60. The molecule has 0 aliphatic carbocycles. The molecule has 18 heavy (non-hydrogen) atoms. The van der Waals surface area contributed by atoms with Crippen LogP contribution in [0.25, 0.3) is 0 Å². The summed E-state index contributed by atoms with van der Waals surface area (Å²) in [6.07, 6.45) is 2.57. The zero-order valence-electron chi connectivity index (χ0n) is 11.3. The van der Waals surface area contributed by atoms with Gasteiger partial charge in [0.2, 0.25) is 0 Å². The van der Waals surface area contributed by atoms with Gasteiger partial charge in [-0.1, -0.05) is 35.0 Å². The monoisotopic (exact) mass is 310 g/mol. The summed E-state index contributed by atoms with van der Waals surface area (Å²) in [7, 11) is 0. The van der Waals surface area contributed by atoms with Crippen molar-refractivity contribution < 1.29 is 0 Å². The molecule has 100 valence electrons. The van der Waals surface area contributed by atoms with Crippen molar-refractivity contribution in [1.29, 1.82) is 0 Å². The van der Waals surface area contributed by atoms with Gasteiger partial charge in [-0.3, -0.25) is 4.90 Å². The summed E-state index contributed by atoms with van der Waals surface area (Å²) >= 11 is 3.49. The van der Waals surface area contributed by atoms with Crippen molar-refractivity contribution >= 4 is 15.9 Å². The van der Waals surface area contributed by atoms with Crippen molar-refractivity contribution in [3.8, 4) is 0 Å². The highest BCUT2D eigenvalue weighted by molar-refractivity contribution is 9.10. The molecular formula is C15H23BrN2. The zero-order valence-corrected chi connectivity index (χ0v) is 12.9. The zero-order chi connectivity index (χ0) is 13.1. The fraction of sp³-hybridized carbons (Fsp3) is 0.600. The SMILES string of the molecule is CC1CCN(C(CN)c2ccc(Br)cc2)C(C)C1. The summed E-state index contributed by atoms with van der Waals surface area (Å²) in [4.78, 5) is 2.57. The van der Waals surface area contributed by atoms with Crippen LogP contribution in [0.3, 0.4) is 0 Å². The molecule has 1 aliphatic rings. The molecule has 0 bridgehead atoms. The first kappa shape index (κ1) is 14.0. The number of likely N-dealkylation sites (tertiary alicyclic amines) is 1. The predicted octanol–water partition coefficient (Wildman–Crippen LogP) is 3.57.